The molecular formula is C12H11NO5S. The molecule has 1 amide bonds. The molecule has 100 valence electrons. The van der Waals surface area contributed by atoms with Crippen LogP contribution in [-0.4, -0.2) is 18.9 Å². The van der Waals surface area contributed by atoms with Crippen LogP contribution in [0.3, 0.4) is 0 Å². The minimum Gasteiger partial charge on any atom is -0.464 e. The first-order valence-corrected chi connectivity index (χ1v) is 6.75. The van der Waals surface area contributed by atoms with E-state index in [1.165, 1.54) is 31.4 Å². The lowest BCUT2D eigenvalue weighted by atomic mass is 10.1. The Morgan fingerprint density at radius 3 is 2.58 bits per heavy atom. The summed E-state index contributed by atoms with van der Waals surface area (Å²) < 4.78 is 36.9. The van der Waals surface area contributed by atoms with Crippen LogP contribution in [0.1, 0.15) is 6.92 Å². The molecule has 0 aliphatic rings. The molecule has 0 aliphatic heterocycles. The van der Waals surface area contributed by atoms with E-state index in [4.69, 9.17) is 4.42 Å². The van der Waals surface area contributed by atoms with Crippen LogP contribution in [-0.2, 0) is 14.9 Å². The summed E-state index contributed by atoms with van der Waals surface area (Å²) in [6.45, 7) is 1.34. The quantitative estimate of drug-likeness (QED) is 0.840. The minimum atomic E-state index is -4.38. The summed E-state index contributed by atoms with van der Waals surface area (Å²) in [5, 5.41) is 2.53. The maximum atomic E-state index is 11.3. The van der Waals surface area contributed by atoms with Gasteiger partial charge in [0.2, 0.25) is 5.91 Å². The van der Waals surface area contributed by atoms with Crippen molar-refractivity contribution in [3.05, 3.63) is 36.6 Å². The van der Waals surface area contributed by atoms with Crippen molar-refractivity contribution in [2.45, 2.75) is 11.8 Å². The summed E-state index contributed by atoms with van der Waals surface area (Å²) in [6.07, 6.45) is 1.38. The van der Waals surface area contributed by atoms with Gasteiger partial charge in [-0.3, -0.25) is 9.35 Å². The van der Waals surface area contributed by atoms with Crippen LogP contribution in [0.25, 0.3) is 11.3 Å². The highest BCUT2D eigenvalue weighted by Crippen LogP contribution is 2.30. The predicted octanol–water partition coefficient (Wildman–Crippen LogP) is 2.15. The summed E-state index contributed by atoms with van der Waals surface area (Å²) in [4.78, 5) is 10.7. The van der Waals surface area contributed by atoms with Gasteiger partial charge in [0.1, 0.15) is 10.7 Å². The number of hydrogen-bond acceptors (Lipinski definition) is 4. The fraction of sp³-hybridized carbons (Fsp3) is 0.0833. The SMILES string of the molecule is CC(=O)Nc1ccc(S(=O)(=O)O)c(-c2ccco2)c1. The van der Waals surface area contributed by atoms with Gasteiger partial charge in [-0.1, -0.05) is 0 Å². The minimum absolute atomic E-state index is 0.179. The third-order valence-corrected chi connectivity index (χ3v) is 3.28. The van der Waals surface area contributed by atoms with Gasteiger partial charge in [-0.15, -0.1) is 0 Å². The summed E-state index contributed by atoms with van der Waals surface area (Å²) >= 11 is 0. The Hall–Kier alpha value is -2.12. The van der Waals surface area contributed by atoms with Gasteiger partial charge in [0.25, 0.3) is 10.1 Å². The van der Waals surface area contributed by atoms with E-state index in [1.807, 2.05) is 0 Å². The molecule has 2 rings (SSSR count). The summed E-state index contributed by atoms with van der Waals surface area (Å²) in [7, 11) is -4.38. The van der Waals surface area contributed by atoms with E-state index in [0.717, 1.165) is 0 Å². The maximum Gasteiger partial charge on any atom is 0.295 e. The highest BCUT2D eigenvalue weighted by molar-refractivity contribution is 7.86. The van der Waals surface area contributed by atoms with Gasteiger partial charge < -0.3 is 9.73 Å². The van der Waals surface area contributed by atoms with Gasteiger partial charge in [-0.05, 0) is 30.3 Å². The average Bonchev–Trinajstić information content (AvgIpc) is 2.79. The lowest BCUT2D eigenvalue weighted by molar-refractivity contribution is -0.114. The molecule has 0 bridgehead atoms. The van der Waals surface area contributed by atoms with E-state index in [2.05, 4.69) is 5.32 Å². The number of nitrogens with one attached hydrogen (secondary N) is 1. The fourth-order valence-electron chi connectivity index (χ4n) is 1.66. The van der Waals surface area contributed by atoms with Crippen LogP contribution in [0, 0.1) is 0 Å². The Labute approximate surface area is 109 Å². The Kier molecular flexibility index (Phi) is 3.41. The van der Waals surface area contributed by atoms with Gasteiger partial charge in [-0.25, -0.2) is 0 Å². The molecule has 7 heteroatoms. The van der Waals surface area contributed by atoms with Crippen LogP contribution in [0.5, 0.6) is 0 Å². The van der Waals surface area contributed by atoms with E-state index in [1.54, 1.807) is 12.1 Å². The van der Waals surface area contributed by atoms with Gasteiger partial charge in [0.15, 0.2) is 0 Å². The molecule has 0 saturated carbocycles. The molecular weight excluding hydrogens is 270 g/mol. The summed E-state index contributed by atoms with van der Waals surface area (Å²) in [5.41, 5.74) is 0.588. The van der Waals surface area contributed by atoms with Crippen LogP contribution >= 0.6 is 0 Å². The highest BCUT2D eigenvalue weighted by atomic mass is 32.2. The first-order valence-electron chi connectivity index (χ1n) is 5.31. The number of carbonyl (C=O) groups excluding carboxylic acids is 1. The Bertz CT molecular complexity index is 704. The molecule has 19 heavy (non-hydrogen) atoms. The fourth-order valence-corrected chi connectivity index (χ4v) is 2.34. The van der Waals surface area contributed by atoms with Crippen molar-refractivity contribution in [3.8, 4) is 11.3 Å². The average molecular weight is 281 g/mol. The Morgan fingerprint density at radius 2 is 2.05 bits per heavy atom. The second-order valence-electron chi connectivity index (χ2n) is 3.84. The molecule has 0 fully saturated rings. The number of carbonyl (C=O) groups is 1. The lowest BCUT2D eigenvalue weighted by Gasteiger charge is -2.08. The first-order chi connectivity index (χ1) is 8.88. The number of rotatable bonds is 3. The molecule has 2 aromatic rings. The van der Waals surface area contributed by atoms with Crippen LogP contribution in [0.4, 0.5) is 5.69 Å². The molecule has 1 aromatic heterocycles. The zero-order valence-electron chi connectivity index (χ0n) is 9.95. The molecule has 0 atom stereocenters. The second kappa shape index (κ2) is 4.87. The van der Waals surface area contributed by atoms with Gasteiger partial charge in [-0.2, -0.15) is 8.42 Å². The molecule has 0 radical (unpaired) electrons. The zero-order valence-corrected chi connectivity index (χ0v) is 10.8. The predicted molar refractivity (Wildman–Crippen MR) is 68.3 cm³/mol. The summed E-state index contributed by atoms with van der Waals surface area (Å²) in [6, 6.07) is 7.16. The van der Waals surface area contributed by atoms with Gasteiger partial charge >= 0.3 is 0 Å². The van der Waals surface area contributed by atoms with Crippen molar-refractivity contribution in [1.82, 2.24) is 0 Å². The highest BCUT2D eigenvalue weighted by Gasteiger charge is 2.19. The zero-order chi connectivity index (χ0) is 14.0. The van der Waals surface area contributed by atoms with Crippen molar-refractivity contribution in [1.29, 1.82) is 0 Å². The molecule has 6 nitrogen and oxygen atoms in total. The third kappa shape index (κ3) is 3.01. The van der Waals surface area contributed by atoms with Crippen LogP contribution in [0.2, 0.25) is 0 Å². The lowest BCUT2D eigenvalue weighted by Crippen LogP contribution is -2.07. The number of anilines is 1. The monoisotopic (exact) mass is 281 g/mol. The van der Waals surface area contributed by atoms with Crippen molar-refractivity contribution in [3.63, 3.8) is 0 Å². The molecule has 0 unspecified atom stereocenters. The topological polar surface area (TPSA) is 96.6 Å². The largest absolute Gasteiger partial charge is 0.464 e. The molecule has 1 aromatic carbocycles. The molecule has 0 aliphatic carbocycles. The second-order valence-corrected chi connectivity index (χ2v) is 5.23. The van der Waals surface area contributed by atoms with Crippen LogP contribution in [0.15, 0.2) is 45.9 Å². The Morgan fingerprint density at radius 1 is 1.32 bits per heavy atom. The van der Waals surface area contributed by atoms with Crippen molar-refractivity contribution in [2.24, 2.45) is 0 Å². The van der Waals surface area contributed by atoms with E-state index in [9.17, 15) is 17.8 Å². The van der Waals surface area contributed by atoms with E-state index < -0.39 is 10.1 Å². The normalized spacial score (nSPS) is 11.3. The first kappa shape index (κ1) is 13.3. The molecule has 0 spiro atoms. The molecule has 0 saturated heterocycles. The molecule has 1 heterocycles. The Balaban J connectivity index is 2.61. The summed E-state index contributed by atoms with van der Waals surface area (Å²) in [5.74, 6) is -0.00942. The number of hydrogen-bond donors (Lipinski definition) is 2. The number of benzene rings is 1. The van der Waals surface area contributed by atoms with Crippen molar-refractivity contribution in [2.75, 3.05) is 5.32 Å². The number of furan rings is 1. The molecule has 2 N–H and O–H groups in total. The standard InChI is InChI=1S/C12H11NO5S/c1-8(14)13-9-4-5-12(19(15,16)17)10(7-9)11-3-2-6-18-11/h2-7H,1H3,(H,13,14)(H,15,16,17). The van der Waals surface area contributed by atoms with Crippen LogP contribution < -0.4 is 5.32 Å². The van der Waals surface area contributed by atoms with Crippen molar-refractivity contribution >= 4 is 21.7 Å². The maximum absolute atomic E-state index is 11.3. The van der Waals surface area contributed by atoms with Gasteiger partial charge in [0.05, 0.1) is 6.26 Å². The van der Waals surface area contributed by atoms with E-state index in [0.29, 0.717) is 5.69 Å². The van der Waals surface area contributed by atoms with E-state index >= 15 is 0 Å². The third-order valence-electron chi connectivity index (χ3n) is 2.36. The number of amides is 1. The van der Waals surface area contributed by atoms with Gasteiger partial charge in [0, 0.05) is 18.2 Å². The van der Waals surface area contributed by atoms with Crippen molar-refractivity contribution < 1.29 is 22.2 Å². The van der Waals surface area contributed by atoms with E-state index in [-0.39, 0.29) is 22.1 Å². The smallest absolute Gasteiger partial charge is 0.295 e.